The van der Waals surface area contributed by atoms with Gasteiger partial charge in [0.1, 0.15) is 11.3 Å². The largest absolute Gasteiger partial charge is 0.393 e. The Hall–Kier alpha value is -2.48. The first-order valence-corrected chi connectivity index (χ1v) is 6.52. The monoisotopic (exact) mass is 290 g/mol. The van der Waals surface area contributed by atoms with E-state index in [1.54, 1.807) is 6.07 Å². The average Bonchev–Trinajstić information content (AvgIpc) is 3.08. The highest BCUT2D eigenvalue weighted by molar-refractivity contribution is 5.67. The highest BCUT2D eigenvalue weighted by atomic mass is 16.6. The molecule has 0 saturated carbocycles. The van der Waals surface area contributed by atoms with Crippen LogP contribution in [0.1, 0.15) is 25.6 Å². The van der Waals surface area contributed by atoms with E-state index < -0.39 is 10.5 Å². The highest BCUT2D eigenvalue weighted by Gasteiger charge is 2.36. The number of ether oxygens (including phenoxy) is 1. The van der Waals surface area contributed by atoms with Crippen molar-refractivity contribution < 1.29 is 14.2 Å². The molecule has 0 amide bonds. The van der Waals surface area contributed by atoms with Crippen molar-refractivity contribution >= 4 is 11.4 Å². The molecular weight excluding hydrogens is 276 g/mol. The van der Waals surface area contributed by atoms with Gasteiger partial charge in [-0.1, -0.05) is 5.16 Å². The molecule has 0 bridgehead atoms. The lowest BCUT2D eigenvalue weighted by molar-refractivity contribution is -0.383. The molecule has 3 rings (SSSR count). The van der Waals surface area contributed by atoms with E-state index in [1.807, 2.05) is 6.92 Å². The van der Waals surface area contributed by atoms with Gasteiger partial charge in [0, 0.05) is 18.2 Å². The van der Waals surface area contributed by atoms with Crippen LogP contribution in [0, 0.1) is 10.1 Å². The van der Waals surface area contributed by atoms with E-state index in [4.69, 9.17) is 15.0 Å². The quantitative estimate of drug-likeness (QED) is 0.523. The molecule has 1 atom stereocenters. The van der Waals surface area contributed by atoms with Crippen LogP contribution in [0.5, 0.6) is 0 Å². The number of nitrogens with two attached hydrogens (primary N) is 1. The SMILES string of the molecule is CC1(c2noc(-c3ccc(N)c([N+](=O)[O-])c3)n2)CCCO1. The number of hydrogen-bond acceptors (Lipinski definition) is 7. The molecule has 0 spiro atoms. The number of rotatable bonds is 3. The predicted octanol–water partition coefficient (Wildman–Crippen LogP) is 2.25. The molecule has 2 N–H and O–H groups in total. The van der Waals surface area contributed by atoms with Gasteiger partial charge in [-0.05, 0) is 31.9 Å². The molecule has 1 saturated heterocycles. The number of hydrogen-bond donors (Lipinski definition) is 1. The number of nitrogens with zero attached hydrogens (tertiary/aromatic N) is 3. The van der Waals surface area contributed by atoms with Gasteiger partial charge in [-0.2, -0.15) is 4.98 Å². The van der Waals surface area contributed by atoms with Gasteiger partial charge < -0.3 is 15.0 Å². The fourth-order valence-corrected chi connectivity index (χ4v) is 2.35. The molecular formula is C13H14N4O4. The zero-order chi connectivity index (χ0) is 15.0. The minimum absolute atomic E-state index is 0.0922. The zero-order valence-corrected chi connectivity index (χ0v) is 11.4. The van der Waals surface area contributed by atoms with E-state index in [1.165, 1.54) is 12.1 Å². The summed E-state index contributed by atoms with van der Waals surface area (Å²) < 4.78 is 10.8. The lowest BCUT2D eigenvalue weighted by atomic mass is 10.0. The summed E-state index contributed by atoms with van der Waals surface area (Å²) in [4.78, 5) is 14.7. The lowest BCUT2D eigenvalue weighted by Crippen LogP contribution is -2.21. The Bertz CT molecular complexity index is 691. The Labute approximate surface area is 120 Å². The Kier molecular flexibility index (Phi) is 3.09. The van der Waals surface area contributed by atoms with E-state index in [0.717, 1.165) is 12.8 Å². The molecule has 2 heterocycles. The van der Waals surface area contributed by atoms with Crippen LogP contribution in [0.3, 0.4) is 0 Å². The Morgan fingerprint density at radius 1 is 1.48 bits per heavy atom. The summed E-state index contributed by atoms with van der Waals surface area (Å²) >= 11 is 0. The maximum atomic E-state index is 10.9. The van der Waals surface area contributed by atoms with Gasteiger partial charge in [-0.15, -0.1) is 0 Å². The second-order valence-corrected chi connectivity index (χ2v) is 5.14. The van der Waals surface area contributed by atoms with E-state index >= 15 is 0 Å². The normalized spacial score (nSPS) is 21.6. The van der Waals surface area contributed by atoms with E-state index in [0.29, 0.717) is 18.0 Å². The summed E-state index contributed by atoms with van der Waals surface area (Å²) in [5.74, 6) is 0.666. The number of nitrogen functional groups attached to an aromatic ring is 1. The molecule has 8 nitrogen and oxygen atoms in total. The van der Waals surface area contributed by atoms with Crippen molar-refractivity contribution in [1.82, 2.24) is 10.1 Å². The summed E-state index contributed by atoms with van der Waals surface area (Å²) in [5, 5.41) is 14.8. The van der Waals surface area contributed by atoms with Crippen molar-refractivity contribution in [1.29, 1.82) is 0 Å². The molecule has 2 aromatic rings. The molecule has 110 valence electrons. The van der Waals surface area contributed by atoms with Crippen molar-refractivity contribution in [3.05, 3.63) is 34.1 Å². The van der Waals surface area contributed by atoms with Crippen LogP contribution in [0.25, 0.3) is 11.5 Å². The molecule has 1 aliphatic rings. The first-order valence-electron chi connectivity index (χ1n) is 6.52. The molecule has 21 heavy (non-hydrogen) atoms. The number of benzene rings is 1. The molecule has 0 radical (unpaired) electrons. The van der Waals surface area contributed by atoms with Crippen LogP contribution in [0.4, 0.5) is 11.4 Å². The summed E-state index contributed by atoms with van der Waals surface area (Å²) in [6.45, 7) is 2.56. The van der Waals surface area contributed by atoms with E-state index in [-0.39, 0.29) is 17.3 Å². The van der Waals surface area contributed by atoms with Gasteiger partial charge in [0.15, 0.2) is 0 Å². The van der Waals surface area contributed by atoms with Crippen LogP contribution < -0.4 is 5.73 Å². The third-order valence-corrected chi connectivity index (χ3v) is 3.59. The highest BCUT2D eigenvalue weighted by Crippen LogP contribution is 2.35. The number of nitro groups is 1. The van der Waals surface area contributed by atoms with Gasteiger partial charge >= 0.3 is 0 Å². The summed E-state index contributed by atoms with van der Waals surface area (Å²) in [6.07, 6.45) is 1.75. The summed E-state index contributed by atoms with van der Waals surface area (Å²) in [6, 6.07) is 4.38. The van der Waals surface area contributed by atoms with Crippen molar-refractivity contribution in [2.75, 3.05) is 12.3 Å². The maximum absolute atomic E-state index is 10.9. The second kappa shape index (κ2) is 4.81. The Morgan fingerprint density at radius 2 is 2.29 bits per heavy atom. The predicted molar refractivity (Wildman–Crippen MR) is 73.3 cm³/mol. The van der Waals surface area contributed by atoms with Gasteiger partial charge in [0.05, 0.1) is 4.92 Å². The molecule has 0 aliphatic carbocycles. The fourth-order valence-electron chi connectivity index (χ4n) is 2.35. The molecule has 1 aromatic carbocycles. The minimum atomic E-state index is -0.554. The number of anilines is 1. The molecule has 1 aliphatic heterocycles. The van der Waals surface area contributed by atoms with Crippen molar-refractivity contribution in [3.8, 4) is 11.5 Å². The van der Waals surface area contributed by atoms with Gasteiger partial charge in [-0.3, -0.25) is 10.1 Å². The second-order valence-electron chi connectivity index (χ2n) is 5.14. The maximum Gasteiger partial charge on any atom is 0.292 e. The molecule has 1 unspecified atom stereocenters. The van der Waals surface area contributed by atoms with Gasteiger partial charge in [0.25, 0.3) is 11.6 Å². The number of nitro benzene ring substituents is 1. The standard InChI is InChI=1S/C13H14N4O4/c1-13(5-2-6-20-13)12-15-11(21-16-12)8-3-4-9(14)10(7-8)17(18)19/h3-4,7H,2,5-6,14H2,1H3. The van der Waals surface area contributed by atoms with E-state index in [9.17, 15) is 10.1 Å². The number of aromatic nitrogens is 2. The smallest absolute Gasteiger partial charge is 0.292 e. The van der Waals surface area contributed by atoms with Crippen LogP contribution in [0.15, 0.2) is 22.7 Å². The fraction of sp³-hybridized carbons (Fsp3) is 0.385. The lowest BCUT2D eigenvalue weighted by Gasteiger charge is -2.17. The minimum Gasteiger partial charge on any atom is -0.393 e. The van der Waals surface area contributed by atoms with Crippen molar-refractivity contribution in [2.45, 2.75) is 25.4 Å². The summed E-state index contributed by atoms with van der Waals surface area (Å²) in [5.41, 5.74) is 5.37. The molecule has 8 heteroatoms. The first kappa shape index (κ1) is 13.5. The first-order chi connectivity index (χ1) is 9.99. The van der Waals surface area contributed by atoms with Gasteiger partial charge in [-0.25, -0.2) is 0 Å². The molecule has 1 aromatic heterocycles. The van der Waals surface area contributed by atoms with Gasteiger partial charge in [0.2, 0.25) is 5.82 Å². The van der Waals surface area contributed by atoms with Crippen LogP contribution >= 0.6 is 0 Å². The third kappa shape index (κ3) is 2.33. The Balaban J connectivity index is 1.97. The van der Waals surface area contributed by atoms with Crippen molar-refractivity contribution in [3.63, 3.8) is 0 Å². The van der Waals surface area contributed by atoms with Crippen molar-refractivity contribution in [2.24, 2.45) is 0 Å². The topological polar surface area (TPSA) is 117 Å². The average molecular weight is 290 g/mol. The van der Waals surface area contributed by atoms with Crippen LogP contribution in [-0.4, -0.2) is 21.7 Å². The summed E-state index contributed by atoms with van der Waals surface area (Å²) in [7, 11) is 0. The zero-order valence-electron chi connectivity index (χ0n) is 11.4. The Morgan fingerprint density at radius 3 is 2.95 bits per heavy atom. The van der Waals surface area contributed by atoms with Crippen LogP contribution in [-0.2, 0) is 10.3 Å². The third-order valence-electron chi connectivity index (χ3n) is 3.59. The van der Waals surface area contributed by atoms with E-state index in [2.05, 4.69) is 10.1 Å². The van der Waals surface area contributed by atoms with Crippen LogP contribution in [0.2, 0.25) is 0 Å². The molecule has 1 fully saturated rings.